The molecule has 1 aliphatic heterocycles. The highest BCUT2D eigenvalue weighted by molar-refractivity contribution is 6.53. The van der Waals surface area contributed by atoms with Gasteiger partial charge in [-0.1, -0.05) is 0 Å². The zero-order valence-electron chi connectivity index (χ0n) is 17.9. The fourth-order valence-corrected chi connectivity index (χ4v) is 2.89. The summed E-state index contributed by atoms with van der Waals surface area (Å²) in [4.78, 5) is 59.1. The Morgan fingerprint density at radius 1 is 0.706 bits per heavy atom. The normalized spacial score (nSPS) is 14.0. The molecule has 0 bridgehead atoms. The average Bonchev–Trinajstić information content (AvgIpc) is 2.85. The summed E-state index contributed by atoms with van der Waals surface area (Å²) in [5.74, 6) is -2.59. The van der Waals surface area contributed by atoms with Gasteiger partial charge in [0.05, 0.1) is 35.7 Å². The second-order valence-electron chi connectivity index (χ2n) is 7.15. The monoisotopic (exact) mass is 457 g/mol. The topological polar surface area (TPSA) is 163 Å². The number of nitrogens with zero attached hydrogens (tertiary/aromatic N) is 5. The van der Waals surface area contributed by atoms with Crippen molar-refractivity contribution in [1.82, 2.24) is 20.3 Å². The Morgan fingerprint density at radius 3 is 1.50 bits per heavy atom. The Bertz CT molecular complexity index is 1190. The predicted octanol–water partition coefficient (Wildman–Crippen LogP) is 1.20. The van der Waals surface area contributed by atoms with E-state index in [-0.39, 0.29) is 11.7 Å². The van der Waals surface area contributed by atoms with Crippen LogP contribution < -0.4 is 21.3 Å². The number of pyridine rings is 3. The summed E-state index contributed by atoms with van der Waals surface area (Å²) in [7, 11) is 0. The third kappa shape index (κ3) is 5.24. The van der Waals surface area contributed by atoms with Crippen LogP contribution in [0.2, 0.25) is 0 Å². The Labute approximate surface area is 193 Å². The standard InChI is InChI=1S/C22H19N9O3/c1-22(21(34)28-16-7-4-10-25-13-16)30-17(19(32)26-14-5-2-8-23-11-14)29-18(31-22)20(33)27-15-6-3-9-24-12-15/h2-13H,1H3,(H,26,32)(H,27,33)(H,28,34)(H,29,30,31). The van der Waals surface area contributed by atoms with Gasteiger partial charge in [0, 0.05) is 18.6 Å². The Kier molecular flexibility index (Phi) is 6.30. The lowest BCUT2D eigenvalue weighted by molar-refractivity contribution is -0.120. The number of carbonyl (C=O) groups excluding carboxylic acids is 3. The average molecular weight is 457 g/mol. The number of nitrogens with one attached hydrogen (secondary N) is 4. The third-order valence-electron chi connectivity index (χ3n) is 4.51. The number of hydrogen-bond donors (Lipinski definition) is 4. The molecule has 1 aliphatic rings. The Balaban J connectivity index is 1.63. The highest BCUT2D eigenvalue weighted by Gasteiger charge is 2.39. The second-order valence-corrected chi connectivity index (χ2v) is 7.15. The fraction of sp³-hybridized carbons (Fsp3) is 0.0909. The van der Waals surface area contributed by atoms with E-state index < -0.39 is 23.4 Å². The highest BCUT2D eigenvalue weighted by atomic mass is 16.2. The summed E-state index contributed by atoms with van der Waals surface area (Å²) in [6.45, 7) is 1.38. The van der Waals surface area contributed by atoms with E-state index in [4.69, 9.17) is 0 Å². The van der Waals surface area contributed by atoms with E-state index in [9.17, 15) is 14.4 Å². The van der Waals surface area contributed by atoms with Gasteiger partial charge in [-0.3, -0.25) is 29.3 Å². The molecule has 0 unspecified atom stereocenters. The maximum Gasteiger partial charge on any atom is 0.291 e. The van der Waals surface area contributed by atoms with Crippen molar-refractivity contribution in [3.8, 4) is 0 Å². The molecule has 34 heavy (non-hydrogen) atoms. The van der Waals surface area contributed by atoms with Gasteiger partial charge in [-0.05, 0) is 43.3 Å². The SMILES string of the molecule is CC1(C(=O)Nc2cccnc2)N=C(C(=O)Nc2cccnc2)NC(C(=O)Nc2cccnc2)=N1. The van der Waals surface area contributed by atoms with Crippen molar-refractivity contribution in [3.05, 3.63) is 73.6 Å². The lowest BCUT2D eigenvalue weighted by atomic mass is 10.1. The number of amides is 3. The molecule has 0 saturated carbocycles. The van der Waals surface area contributed by atoms with Crippen LogP contribution in [-0.4, -0.2) is 50.0 Å². The molecule has 170 valence electrons. The summed E-state index contributed by atoms with van der Waals surface area (Å²) >= 11 is 0. The van der Waals surface area contributed by atoms with Crippen LogP contribution in [0.1, 0.15) is 6.92 Å². The number of amidine groups is 2. The molecule has 4 heterocycles. The minimum Gasteiger partial charge on any atom is -0.321 e. The zero-order chi connectivity index (χ0) is 24.0. The lowest BCUT2D eigenvalue weighted by Crippen LogP contribution is -2.53. The summed E-state index contributed by atoms with van der Waals surface area (Å²) in [5.41, 5.74) is -0.616. The van der Waals surface area contributed by atoms with Crippen LogP contribution in [0.4, 0.5) is 17.1 Å². The van der Waals surface area contributed by atoms with Crippen molar-refractivity contribution >= 4 is 46.5 Å². The van der Waals surface area contributed by atoms with E-state index in [1.54, 1.807) is 55.0 Å². The van der Waals surface area contributed by atoms with E-state index in [1.807, 2.05) is 0 Å². The molecule has 0 atom stereocenters. The van der Waals surface area contributed by atoms with Gasteiger partial charge >= 0.3 is 0 Å². The Morgan fingerprint density at radius 2 is 1.12 bits per heavy atom. The van der Waals surface area contributed by atoms with Crippen molar-refractivity contribution in [3.63, 3.8) is 0 Å². The minimum atomic E-state index is -1.83. The summed E-state index contributed by atoms with van der Waals surface area (Å²) in [6, 6.07) is 9.83. The van der Waals surface area contributed by atoms with Crippen LogP contribution in [0.5, 0.6) is 0 Å². The first-order valence-electron chi connectivity index (χ1n) is 10.0. The lowest BCUT2D eigenvalue weighted by Gasteiger charge is -2.27. The van der Waals surface area contributed by atoms with Crippen LogP contribution in [0.25, 0.3) is 0 Å². The van der Waals surface area contributed by atoms with Crippen LogP contribution in [0, 0.1) is 0 Å². The van der Waals surface area contributed by atoms with E-state index in [1.165, 1.54) is 25.5 Å². The van der Waals surface area contributed by atoms with Crippen LogP contribution >= 0.6 is 0 Å². The van der Waals surface area contributed by atoms with Crippen LogP contribution in [0.15, 0.2) is 83.6 Å². The summed E-state index contributed by atoms with van der Waals surface area (Å²) in [5, 5.41) is 10.5. The van der Waals surface area contributed by atoms with Crippen LogP contribution in [0.3, 0.4) is 0 Å². The van der Waals surface area contributed by atoms with E-state index >= 15 is 0 Å². The molecule has 0 radical (unpaired) electrons. The number of aromatic nitrogens is 3. The van der Waals surface area contributed by atoms with Gasteiger partial charge in [-0.25, -0.2) is 9.98 Å². The van der Waals surface area contributed by atoms with Crippen molar-refractivity contribution in [2.75, 3.05) is 16.0 Å². The molecule has 0 saturated heterocycles. The number of hydrogen-bond acceptors (Lipinski definition) is 9. The predicted molar refractivity (Wildman–Crippen MR) is 125 cm³/mol. The number of carbonyl (C=O) groups is 3. The molecular formula is C22H19N9O3. The zero-order valence-corrected chi connectivity index (χ0v) is 17.9. The third-order valence-corrected chi connectivity index (χ3v) is 4.51. The molecule has 3 amide bonds. The maximum absolute atomic E-state index is 13.1. The molecule has 3 aromatic heterocycles. The van der Waals surface area contributed by atoms with Crippen molar-refractivity contribution < 1.29 is 14.4 Å². The first-order valence-corrected chi connectivity index (χ1v) is 10.0. The summed E-state index contributed by atoms with van der Waals surface area (Å²) < 4.78 is 0. The van der Waals surface area contributed by atoms with Gasteiger partial charge in [0.2, 0.25) is 5.66 Å². The van der Waals surface area contributed by atoms with Gasteiger partial charge in [-0.15, -0.1) is 0 Å². The molecule has 4 N–H and O–H groups in total. The highest BCUT2D eigenvalue weighted by Crippen LogP contribution is 2.20. The van der Waals surface area contributed by atoms with Gasteiger partial charge in [-0.2, -0.15) is 0 Å². The van der Waals surface area contributed by atoms with Crippen molar-refractivity contribution in [1.29, 1.82) is 0 Å². The molecule has 12 heteroatoms. The van der Waals surface area contributed by atoms with E-state index in [0.717, 1.165) is 0 Å². The quantitative estimate of drug-likeness (QED) is 0.432. The molecule has 0 aliphatic carbocycles. The van der Waals surface area contributed by atoms with Crippen LogP contribution in [-0.2, 0) is 14.4 Å². The summed E-state index contributed by atoms with van der Waals surface area (Å²) in [6.07, 6.45) is 9.00. The molecule has 0 spiro atoms. The van der Waals surface area contributed by atoms with E-state index in [2.05, 4.69) is 46.2 Å². The van der Waals surface area contributed by atoms with Gasteiger partial charge in [0.25, 0.3) is 17.7 Å². The Hall–Kier alpha value is -5.00. The minimum absolute atomic E-state index is 0.279. The molecule has 12 nitrogen and oxygen atoms in total. The van der Waals surface area contributed by atoms with Gasteiger partial charge < -0.3 is 21.3 Å². The first-order chi connectivity index (χ1) is 16.4. The number of aliphatic imine (C=N–C) groups is 2. The molecule has 0 aromatic carbocycles. The smallest absolute Gasteiger partial charge is 0.291 e. The van der Waals surface area contributed by atoms with Gasteiger partial charge in [0.1, 0.15) is 0 Å². The molecular weight excluding hydrogens is 438 g/mol. The number of rotatable bonds is 6. The number of anilines is 3. The molecule has 4 rings (SSSR count). The van der Waals surface area contributed by atoms with Crippen molar-refractivity contribution in [2.24, 2.45) is 9.98 Å². The van der Waals surface area contributed by atoms with Crippen molar-refractivity contribution in [2.45, 2.75) is 12.6 Å². The van der Waals surface area contributed by atoms with E-state index in [0.29, 0.717) is 17.1 Å². The molecule has 0 fully saturated rings. The second kappa shape index (κ2) is 9.65. The first kappa shape index (κ1) is 22.2. The van der Waals surface area contributed by atoms with Gasteiger partial charge in [0.15, 0.2) is 11.7 Å². The largest absolute Gasteiger partial charge is 0.321 e. The molecule has 3 aromatic rings. The maximum atomic E-state index is 13.1. The fourth-order valence-electron chi connectivity index (χ4n) is 2.89.